The van der Waals surface area contributed by atoms with E-state index < -0.39 is 5.60 Å². The minimum atomic E-state index is -0.487. The van der Waals surface area contributed by atoms with Gasteiger partial charge in [-0.2, -0.15) is 0 Å². The Kier molecular flexibility index (Phi) is 8.16. The Bertz CT molecular complexity index is 1630. The minimum absolute atomic E-state index is 0.0208. The number of benzene rings is 1. The van der Waals surface area contributed by atoms with Gasteiger partial charge in [0.2, 0.25) is 0 Å². The van der Waals surface area contributed by atoms with Crippen LogP contribution in [0.2, 0.25) is 0 Å². The average Bonchev–Trinajstić information content (AvgIpc) is 3.36. The zero-order valence-electron chi connectivity index (χ0n) is 26.1. The Morgan fingerprint density at radius 2 is 1.82 bits per heavy atom. The van der Waals surface area contributed by atoms with Crippen molar-refractivity contribution in [1.82, 2.24) is 29.3 Å². The molecule has 2 N–H and O–H groups in total. The van der Waals surface area contributed by atoms with Gasteiger partial charge in [-0.05, 0) is 77.1 Å². The maximum Gasteiger partial charge on any atom is 0.410 e. The smallest absolute Gasteiger partial charge is 0.410 e. The van der Waals surface area contributed by atoms with E-state index in [9.17, 15) is 4.79 Å². The summed E-state index contributed by atoms with van der Waals surface area (Å²) in [4.78, 5) is 31.8. The third kappa shape index (κ3) is 6.06. The summed E-state index contributed by atoms with van der Waals surface area (Å²) in [5, 5.41) is 0. The Morgan fingerprint density at radius 3 is 2.50 bits per heavy atom. The number of hydrogen-bond acceptors (Lipinski definition) is 7. The number of nitrogen functional groups attached to an aromatic ring is 1. The van der Waals surface area contributed by atoms with E-state index in [0.29, 0.717) is 5.82 Å². The number of carbonyl (C=O) groups excluding carboxylic acids is 1. The molecule has 230 valence electrons. The average molecular weight is 594 g/mol. The number of nitrogens with two attached hydrogens (primary N) is 1. The van der Waals surface area contributed by atoms with Gasteiger partial charge in [0.15, 0.2) is 5.65 Å². The first-order valence-corrected chi connectivity index (χ1v) is 15.6. The van der Waals surface area contributed by atoms with E-state index in [2.05, 4.69) is 39.2 Å². The van der Waals surface area contributed by atoms with E-state index in [4.69, 9.17) is 20.4 Å². The van der Waals surface area contributed by atoms with Gasteiger partial charge in [0, 0.05) is 43.4 Å². The number of carbonyl (C=O) groups is 1. The molecule has 9 heteroatoms. The highest BCUT2D eigenvalue weighted by atomic mass is 16.6. The second kappa shape index (κ2) is 12.0. The van der Waals surface area contributed by atoms with Crippen LogP contribution in [0, 0.1) is 5.41 Å². The van der Waals surface area contributed by atoms with E-state index in [1.807, 2.05) is 68.1 Å². The van der Waals surface area contributed by atoms with Crippen LogP contribution >= 0.6 is 0 Å². The van der Waals surface area contributed by atoms with Gasteiger partial charge in [0.25, 0.3) is 0 Å². The maximum absolute atomic E-state index is 12.6. The molecule has 4 aromatic rings. The van der Waals surface area contributed by atoms with Crippen molar-refractivity contribution in [2.75, 3.05) is 31.9 Å². The Hall–Kier alpha value is -4.24. The molecule has 0 bridgehead atoms. The summed E-state index contributed by atoms with van der Waals surface area (Å²) in [5.74, 6) is 1.23. The molecule has 1 unspecified atom stereocenters. The topological polar surface area (TPSA) is 102 Å². The maximum atomic E-state index is 12.6. The third-order valence-corrected chi connectivity index (χ3v) is 8.84. The van der Waals surface area contributed by atoms with Gasteiger partial charge in [-0.25, -0.2) is 19.7 Å². The van der Waals surface area contributed by atoms with Crippen LogP contribution in [-0.2, 0) is 4.74 Å². The number of fused-ring (bicyclic) bond motifs is 1. The zero-order chi connectivity index (χ0) is 30.9. The monoisotopic (exact) mass is 593 g/mol. The summed E-state index contributed by atoms with van der Waals surface area (Å²) in [7, 11) is 0. The molecule has 1 spiro atoms. The second-order valence-electron chi connectivity index (χ2n) is 13.2. The normalized spacial score (nSPS) is 17.4. The van der Waals surface area contributed by atoms with E-state index in [-0.39, 0.29) is 17.7 Å². The Balaban J connectivity index is 1.34. The molecule has 0 radical (unpaired) electrons. The number of anilines is 1. The van der Waals surface area contributed by atoms with Gasteiger partial charge >= 0.3 is 6.09 Å². The number of amides is 1. The number of hydrogen-bond donors (Lipinski definition) is 1. The molecule has 44 heavy (non-hydrogen) atoms. The second-order valence-corrected chi connectivity index (χ2v) is 13.2. The largest absolute Gasteiger partial charge is 0.444 e. The van der Waals surface area contributed by atoms with Crippen LogP contribution < -0.4 is 5.73 Å². The predicted octanol–water partition coefficient (Wildman–Crippen LogP) is 6.93. The summed E-state index contributed by atoms with van der Waals surface area (Å²) < 4.78 is 7.92. The van der Waals surface area contributed by atoms with Crippen molar-refractivity contribution in [3.63, 3.8) is 0 Å². The van der Waals surface area contributed by atoms with Gasteiger partial charge in [0.1, 0.15) is 22.8 Å². The quantitative estimate of drug-likeness (QED) is 0.175. The number of ether oxygens (including phenoxy) is 1. The highest BCUT2D eigenvalue weighted by molar-refractivity contribution is 5.82. The first-order valence-electron chi connectivity index (χ1n) is 15.6. The van der Waals surface area contributed by atoms with E-state index in [1.165, 1.54) is 0 Å². The van der Waals surface area contributed by atoms with Gasteiger partial charge in [-0.15, -0.1) is 6.58 Å². The summed E-state index contributed by atoms with van der Waals surface area (Å²) in [6.07, 6.45) is 8.37. The molecule has 1 amide bonds. The van der Waals surface area contributed by atoms with Crippen LogP contribution in [0.4, 0.5) is 10.6 Å². The van der Waals surface area contributed by atoms with Crippen LogP contribution in [0.15, 0.2) is 73.4 Å². The standard InChI is InChI=1S/C35H43N7O2/c1-5-6-8-15-29(40-21-18-35(19-22-40)23-41(24-35)33(43)44-34(2,3)4)42-31(26-14-11-20-37-30(26)36)39-28-17-16-27(38-32(28)42)25-12-9-7-10-13-25/h5,7,9-14,16-17,20,29H,1,6,8,15,18-19,21-24H2,2-4H3,(H2,36,37). The van der Waals surface area contributed by atoms with Crippen LogP contribution in [0.3, 0.4) is 0 Å². The highest BCUT2D eigenvalue weighted by Gasteiger charge is 2.48. The lowest BCUT2D eigenvalue weighted by atomic mass is 9.72. The van der Waals surface area contributed by atoms with Crippen molar-refractivity contribution in [3.8, 4) is 22.6 Å². The molecule has 1 aromatic carbocycles. The number of rotatable bonds is 8. The fourth-order valence-electron chi connectivity index (χ4n) is 6.57. The van der Waals surface area contributed by atoms with Gasteiger partial charge in [0.05, 0.1) is 17.4 Å². The Labute approximate surface area is 259 Å². The first kappa shape index (κ1) is 29.8. The summed E-state index contributed by atoms with van der Waals surface area (Å²) >= 11 is 0. The number of unbranched alkanes of at least 4 members (excludes halogenated alkanes) is 1. The highest BCUT2D eigenvalue weighted by Crippen LogP contribution is 2.44. The summed E-state index contributed by atoms with van der Waals surface area (Å²) in [5.41, 5.74) is 10.6. The summed E-state index contributed by atoms with van der Waals surface area (Å²) in [6.45, 7) is 13.1. The molecule has 1 atom stereocenters. The third-order valence-electron chi connectivity index (χ3n) is 8.84. The molecule has 2 saturated heterocycles. The SMILES string of the molecule is C=CCCCC(N1CCC2(CC1)CN(C(=O)OC(C)(C)C)C2)n1c(-c2cccnc2N)nc2ccc(-c3ccccc3)nc21. The molecular weight excluding hydrogens is 550 g/mol. The lowest BCUT2D eigenvalue weighted by molar-refractivity contribution is -0.0688. The van der Waals surface area contributed by atoms with Crippen molar-refractivity contribution in [2.24, 2.45) is 5.41 Å². The molecular formula is C35H43N7O2. The number of aromatic nitrogens is 4. The number of nitrogens with zero attached hydrogens (tertiary/aromatic N) is 6. The lowest BCUT2D eigenvalue weighted by Gasteiger charge is -2.54. The predicted molar refractivity (Wildman–Crippen MR) is 175 cm³/mol. The lowest BCUT2D eigenvalue weighted by Crippen LogP contribution is -2.62. The zero-order valence-corrected chi connectivity index (χ0v) is 26.1. The minimum Gasteiger partial charge on any atom is -0.444 e. The number of likely N-dealkylation sites (tertiary alicyclic amines) is 2. The molecule has 0 saturated carbocycles. The first-order chi connectivity index (χ1) is 21.2. The molecule has 3 aromatic heterocycles. The van der Waals surface area contributed by atoms with Gasteiger partial charge in [-0.3, -0.25) is 9.47 Å². The van der Waals surface area contributed by atoms with Crippen molar-refractivity contribution >= 4 is 23.1 Å². The van der Waals surface area contributed by atoms with Crippen LogP contribution in [0.1, 0.15) is 59.0 Å². The fraction of sp³-hybridized carbons (Fsp3) is 0.429. The van der Waals surface area contributed by atoms with Crippen LogP contribution in [0.5, 0.6) is 0 Å². The van der Waals surface area contributed by atoms with Crippen LogP contribution in [-0.4, -0.2) is 67.2 Å². The molecule has 2 aliphatic heterocycles. The summed E-state index contributed by atoms with van der Waals surface area (Å²) in [6, 6.07) is 18.2. The number of piperidine rings is 1. The van der Waals surface area contributed by atoms with Crippen LogP contribution in [0.25, 0.3) is 33.8 Å². The van der Waals surface area contributed by atoms with Crippen molar-refractivity contribution in [3.05, 3.63) is 73.4 Å². The molecule has 9 nitrogen and oxygen atoms in total. The molecule has 2 aliphatic rings. The number of pyridine rings is 2. The molecule has 0 aliphatic carbocycles. The van der Waals surface area contributed by atoms with E-state index in [0.717, 1.165) is 92.1 Å². The number of allylic oxidation sites excluding steroid dienone is 1. The number of imidazole rings is 1. The molecule has 5 heterocycles. The van der Waals surface area contributed by atoms with E-state index in [1.54, 1.807) is 6.20 Å². The molecule has 6 rings (SSSR count). The van der Waals surface area contributed by atoms with Gasteiger partial charge in [-0.1, -0.05) is 36.4 Å². The fourth-order valence-corrected chi connectivity index (χ4v) is 6.57. The van der Waals surface area contributed by atoms with E-state index >= 15 is 0 Å². The van der Waals surface area contributed by atoms with Gasteiger partial charge < -0.3 is 15.4 Å². The Morgan fingerprint density at radius 1 is 1.07 bits per heavy atom. The van der Waals surface area contributed by atoms with Crippen molar-refractivity contribution in [1.29, 1.82) is 0 Å². The molecule has 2 fully saturated rings. The van der Waals surface area contributed by atoms with Crippen molar-refractivity contribution < 1.29 is 9.53 Å². The van der Waals surface area contributed by atoms with Crippen molar-refractivity contribution in [2.45, 2.75) is 64.6 Å².